The topological polar surface area (TPSA) is 58.2 Å². The number of carbonyl (C=O) groups excluding carboxylic acids is 2. The summed E-state index contributed by atoms with van der Waals surface area (Å²) in [5.74, 6) is -0.370. The SMILES string of the molecule is CC(C)=C1NC(=O)C(Cc2ccccc2)NC1=O. The highest BCUT2D eigenvalue weighted by Crippen LogP contribution is 2.10. The molecule has 0 bridgehead atoms. The van der Waals surface area contributed by atoms with Crippen LogP contribution < -0.4 is 10.6 Å². The van der Waals surface area contributed by atoms with Gasteiger partial charge in [-0.1, -0.05) is 30.3 Å². The van der Waals surface area contributed by atoms with Gasteiger partial charge in [0, 0.05) is 6.42 Å². The van der Waals surface area contributed by atoms with Crippen LogP contribution >= 0.6 is 0 Å². The number of hydrogen-bond acceptors (Lipinski definition) is 2. The van der Waals surface area contributed by atoms with Crippen LogP contribution in [0.5, 0.6) is 0 Å². The lowest BCUT2D eigenvalue weighted by Gasteiger charge is -2.26. The van der Waals surface area contributed by atoms with Crippen molar-refractivity contribution in [2.45, 2.75) is 26.3 Å². The Labute approximate surface area is 106 Å². The smallest absolute Gasteiger partial charge is 0.268 e. The predicted molar refractivity (Wildman–Crippen MR) is 68.6 cm³/mol. The van der Waals surface area contributed by atoms with Crippen LogP contribution in [0.3, 0.4) is 0 Å². The first-order valence-corrected chi connectivity index (χ1v) is 5.91. The maximum absolute atomic E-state index is 11.9. The van der Waals surface area contributed by atoms with Crippen LogP contribution in [0.15, 0.2) is 41.6 Å². The monoisotopic (exact) mass is 244 g/mol. The van der Waals surface area contributed by atoms with Gasteiger partial charge in [0.05, 0.1) is 0 Å². The molecule has 1 atom stereocenters. The number of rotatable bonds is 2. The largest absolute Gasteiger partial charge is 0.339 e. The average molecular weight is 244 g/mol. The van der Waals surface area contributed by atoms with Crippen molar-refractivity contribution < 1.29 is 9.59 Å². The Morgan fingerprint density at radius 1 is 1.17 bits per heavy atom. The summed E-state index contributed by atoms with van der Waals surface area (Å²) in [6.07, 6.45) is 0.508. The van der Waals surface area contributed by atoms with Gasteiger partial charge in [-0.15, -0.1) is 0 Å². The van der Waals surface area contributed by atoms with Crippen LogP contribution in [0.1, 0.15) is 19.4 Å². The second-order valence-electron chi connectivity index (χ2n) is 4.58. The molecule has 0 radical (unpaired) electrons. The van der Waals surface area contributed by atoms with Gasteiger partial charge in [-0.2, -0.15) is 0 Å². The Morgan fingerprint density at radius 3 is 2.44 bits per heavy atom. The van der Waals surface area contributed by atoms with Gasteiger partial charge >= 0.3 is 0 Å². The lowest BCUT2D eigenvalue weighted by Crippen LogP contribution is -2.55. The summed E-state index contributed by atoms with van der Waals surface area (Å²) in [4.78, 5) is 23.7. The van der Waals surface area contributed by atoms with Crippen LogP contribution in [-0.4, -0.2) is 17.9 Å². The molecule has 1 aliphatic heterocycles. The van der Waals surface area contributed by atoms with E-state index in [-0.39, 0.29) is 11.8 Å². The molecule has 0 aromatic heterocycles. The zero-order chi connectivity index (χ0) is 13.1. The Bertz CT molecular complexity index is 502. The fourth-order valence-electron chi connectivity index (χ4n) is 1.91. The Balaban J connectivity index is 2.11. The fraction of sp³-hybridized carbons (Fsp3) is 0.286. The summed E-state index contributed by atoms with van der Waals surface area (Å²) in [6, 6.07) is 9.14. The van der Waals surface area contributed by atoms with Crippen molar-refractivity contribution in [3.8, 4) is 0 Å². The van der Waals surface area contributed by atoms with Gasteiger partial charge < -0.3 is 10.6 Å². The first kappa shape index (κ1) is 12.4. The van der Waals surface area contributed by atoms with Crippen molar-refractivity contribution in [1.82, 2.24) is 10.6 Å². The molecule has 18 heavy (non-hydrogen) atoms. The van der Waals surface area contributed by atoms with Crippen LogP contribution in [0.2, 0.25) is 0 Å². The van der Waals surface area contributed by atoms with Gasteiger partial charge in [-0.05, 0) is 25.0 Å². The molecule has 1 saturated heterocycles. The third kappa shape index (κ3) is 2.59. The van der Waals surface area contributed by atoms with E-state index >= 15 is 0 Å². The van der Waals surface area contributed by atoms with E-state index in [0.29, 0.717) is 12.1 Å². The summed E-state index contributed by atoms with van der Waals surface area (Å²) >= 11 is 0. The minimum absolute atomic E-state index is 0.158. The first-order valence-electron chi connectivity index (χ1n) is 5.91. The molecule has 1 aromatic carbocycles. The number of allylic oxidation sites excluding steroid dienone is 1. The molecule has 94 valence electrons. The standard InChI is InChI=1S/C14H16N2O2/c1-9(2)12-14(18)15-11(13(17)16-12)8-10-6-4-3-5-7-10/h3-7,11H,8H2,1-2H3,(H,15,18)(H,16,17). The average Bonchev–Trinajstić information content (AvgIpc) is 2.34. The number of amides is 2. The zero-order valence-electron chi connectivity index (χ0n) is 10.5. The fourth-order valence-corrected chi connectivity index (χ4v) is 1.91. The Kier molecular flexibility index (Phi) is 3.46. The minimum Gasteiger partial charge on any atom is -0.339 e. The highest BCUT2D eigenvalue weighted by Gasteiger charge is 2.30. The molecule has 4 nitrogen and oxygen atoms in total. The van der Waals surface area contributed by atoms with E-state index in [9.17, 15) is 9.59 Å². The zero-order valence-corrected chi connectivity index (χ0v) is 10.5. The summed E-state index contributed by atoms with van der Waals surface area (Å²) in [5, 5.41) is 5.40. The summed E-state index contributed by atoms with van der Waals surface area (Å²) < 4.78 is 0. The molecule has 1 aliphatic rings. The van der Waals surface area contributed by atoms with Crippen molar-refractivity contribution in [2.75, 3.05) is 0 Å². The van der Waals surface area contributed by atoms with Crippen LogP contribution in [-0.2, 0) is 16.0 Å². The summed E-state index contributed by atoms with van der Waals surface area (Å²) in [5.41, 5.74) is 2.20. The van der Waals surface area contributed by atoms with Crippen LogP contribution in [0.4, 0.5) is 0 Å². The van der Waals surface area contributed by atoms with Crippen LogP contribution in [0.25, 0.3) is 0 Å². The highest BCUT2D eigenvalue weighted by molar-refractivity contribution is 6.05. The number of piperazine rings is 1. The lowest BCUT2D eigenvalue weighted by molar-refractivity contribution is -0.131. The molecular formula is C14H16N2O2. The minimum atomic E-state index is -0.497. The first-order chi connectivity index (χ1) is 8.58. The van der Waals surface area contributed by atoms with Gasteiger partial charge in [-0.3, -0.25) is 9.59 Å². The van der Waals surface area contributed by atoms with Gasteiger partial charge in [0.2, 0.25) is 5.91 Å². The van der Waals surface area contributed by atoms with E-state index in [2.05, 4.69) is 10.6 Å². The number of hydrogen-bond donors (Lipinski definition) is 2. The molecule has 1 fully saturated rings. The van der Waals surface area contributed by atoms with E-state index in [0.717, 1.165) is 11.1 Å². The van der Waals surface area contributed by atoms with E-state index in [1.165, 1.54) is 0 Å². The molecule has 1 heterocycles. The third-order valence-corrected chi connectivity index (χ3v) is 2.88. The number of carbonyl (C=O) groups is 2. The van der Waals surface area contributed by atoms with Crippen molar-refractivity contribution in [3.05, 3.63) is 47.2 Å². The number of nitrogens with one attached hydrogen (secondary N) is 2. The van der Waals surface area contributed by atoms with Gasteiger partial charge in [0.15, 0.2) is 0 Å². The molecule has 0 saturated carbocycles. The predicted octanol–water partition coefficient (Wildman–Crippen LogP) is 1.14. The van der Waals surface area contributed by atoms with Crippen LogP contribution in [0, 0.1) is 0 Å². The molecule has 2 N–H and O–H groups in total. The molecule has 4 heteroatoms. The van der Waals surface area contributed by atoms with Crippen molar-refractivity contribution >= 4 is 11.8 Å². The highest BCUT2D eigenvalue weighted by atomic mass is 16.2. The van der Waals surface area contributed by atoms with E-state index in [1.807, 2.05) is 30.3 Å². The number of benzene rings is 1. The molecule has 1 unspecified atom stereocenters. The van der Waals surface area contributed by atoms with Gasteiger partial charge in [0.25, 0.3) is 5.91 Å². The summed E-state index contributed by atoms with van der Waals surface area (Å²) in [6.45, 7) is 3.60. The van der Waals surface area contributed by atoms with Crippen molar-refractivity contribution in [3.63, 3.8) is 0 Å². The molecule has 0 spiro atoms. The molecule has 1 aromatic rings. The second-order valence-corrected chi connectivity index (χ2v) is 4.58. The van der Waals surface area contributed by atoms with E-state index in [4.69, 9.17) is 0 Å². The van der Waals surface area contributed by atoms with Gasteiger partial charge in [-0.25, -0.2) is 0 Å². The maximum atomic E-state index is 11.9. The molecule has 2 amide bonds. The lowest BCUT2D eigenvalue weighted by atomic mass is 10.0. The Hall–Kier alpha value is -2.10. The third-order valence-electron chi connectivity index (χ3n) is 2.88. The molecular weight excluding hydrogens is 228 g/mol. The second kappa shape index (κ2) is 5.04. The van der Waals surface area contributed by atoms with E-state index in [1.54, 1.807) is 13.8 Å². The van der Waals surface area contributed by atoms with Crippen molar-refractivity contribution in [1.29, 1.82) is 0 Å². The summed E-state index contributed by atoms with van der Waals surface area (Å²) in [7, 11) is 0. The molecule has 2 rings (SSSR count). The van der Waals surface area contributed by atoms with Crippen molar-refractivity contribution in [2.24, 2.45) is 0 Å². The maximum Gasteiger partial charge on any atom is 0.268 e. The Morgan fingerprint density at radius 2 is 1.83 bits per heavy atom. The van der Waals surface area contributed by atoms with Gasteiger partial charge in [0.1, 0.15) is 11.7 Å². The van der Waals surface area contributed by atoms with E-state index < -0.39 is 6.04 Å². The quantitative estimate of drug-likeness (QED) is 0.766. The normalized spacial score (nSPS) is 19.2. The molecule has 0 aliphatic carbocycles.